The molecule has 184 valence electrons. The van der Waals surface area contributed by atoms with Crippen LogP contribution in [0.3, 0.4) is 0 Å². The smallest absolute Gasteiger partial charge is 0.358 e. The van der Waals surface area contributed by atoms with Crippen LogP contribution in [0.15, 0.2) is 10.6 Å². The zero-order valence-electron chi connectivity index (χ0n) is 19.7. The molecule has 2 heterocycles. The molecule has 0 unspecified atom stereocenters. The summed E-state index contributed by atoms with van der Waals surface area (Å²) in [5, 5.41) is 11.8. The summed E-state index contributed by atoms with van der Waals surface area (Å²) >= 11 is 1.14. The molecule has 5 atom stereocenters. The molecule has 1 saturated heterocycles. The summed E-state index contributed by atoms with van der Waals surface area (Å²) in [6.45, 7) is 7.71. The lowest BCUT2D eigenvalue weighted by molar-refractivity contribution is -0.172. The summed E-state index contributed by atoms with van der Waals surface area (Å²) in [5.41, 5.74) is -0.641. The second-order valence-corrected chi connectivity index (χ2v) is 10.6. The van der Waals surface area contributed by atoms with Crippen molar-refractivity contribution in [3.63, 3.8) is 0 Å². The summed E-state index contributed by atoms with van der Waals surface area (Å²) in [4.78, 5) is 62.6. The van der Waals surface area contributed by atoms with Gasteiger partial charge in [-0.15, -0.1) is 11.8 Å². The average Bonchev–Trinajstić information content (AvgIpc) is 2.94. The Labute approximate surface area is 197 Å². The minimum Gasteiger partial charge on any atom is -0.427 e. The van der Waals surface area contributed by atoms with E-state index in [0.717, 1.165) is 11.8 Å². The Hall–Kier alpha value is -2.40. The van der Waals surface area contributed by atoms with Crippen molar-refractivity contribution in [3.8, 4) is 0 Å². The van der Waals surface area contributed by atoms with Crippen LogP contribution in [0.25, 0.3) is 0 Å². The van der Waals surface area contributed by atoms with Gasteiger partial charge in [0.1, 0.15) is 12.0 Å². The first-order valence-electron chi connectivity index (χ1n) is 10.7. The van der Waals surface area contributed by atoms with Crippen LogP contribution in [0.5, 0.6) is 0 Å². The van der Waals surface area contributed by atoms with E-state index in [0.29, 0.717) is 17.6 Å². The van der Waals surface area contributed by atoms with Crippen molar-refractivity contribution in [2.45, 2.75) is 64.9 Å². The molecule has 0 spiro atoms. The van der Waals surface area contributed by atoms with Gasteiger partial charge in [-0.25, -0.2) is 4.79 Å². The number of carbonyl (C=O) groups excluding carboxylic acids is 5. The van der Waals surface area contributed by atoms with Crippen LogP contribution in [0.1, 0.15) is 47.5 Å². The summed E-state index contributed by atoms with van der Waals surface area (Å²) < 4.78 is 10.2. The minimum absolute atomic E-state index is 0.126. The first-order chi connectivity index (χ1) is 15.3. The standard InChI is InChI=1S/C22H32N2O8S/c1-11-16(13(9-25)12(2)26)24(6)17(20(29)31-10-32-21(30)22(3,4)5)18(11)33-14-7-8-15(27)23-19(14)28/h9,11-14,16,26H,7-8,10H2,1-6H3,(H,23,27,28)/t11-,12-,13-,14-,16-/m1/s1. The monoisotopic (exact) mass is 484 g/mol. The number of thioether (sulfide) groups is 1. The van der Waals surface area contributed by atoms with Crippen LogP contribution in [-0.2, 0) is 33.4 Å². The highest BCUT2D eigenvalue weighted by Gasteiger charge is 2.46. The Morgan fingerprint density at radius 3 is 2.45 bits per heavy atom. The molecule has 11 heteroatoms. The molecule has 0 bridgehead atoms. The molecule has 0 aromatic carbocycles. The maximum atomic E-state index is 13.0. The van der Waals surface area contributed by atoms with Gasteiger partial charge in [-0.05, 0) is 34.1 Å². The Bertz CT molecular complexity index is 848. The summed E-state index contributed by atoms with van der Waals surface area (Å²) in [5.74, 6) is -3.31. The number of piperidine rings is 1. The highest BCUT2D eigenvalue weighted by molar-refractivity contribution is 8.04. The van der Waals surface area contributed by atoms with Crippen molar-refractivity contribution in [3.05, 3.63) is 10.6 Å². The topological polar surface area (TPSA) is 139 Å². The van der Waals surface area contributed by atoms with E-state index in [4.69, 9.17) is 9.47 Å². The first kappa shape index (κ1) is 26.8. The lowest BCUT2D eigenvalue weighted by Crippen LogP contribution is -2.44. The number of likely N-dealkylation sites (N-methyl/N-ethyl adjacent to an activating group) is 1. The van der Waals surface area contributed by atoms with Gasteiger partial charge in [0.05, 0.1) is 22.7 Å². The third-order valence-corrected chi connectivity index (χ3v) is 7.26. The predicted molar refractivity (Wildman–Crippen MR) is 119 cm³/mol. The van der Waals surface area contributed by atoms with Crippen LogP contribution >= 0.6 is 11.8 Å². The number of hydrogen-bond acceptors (Lipinski definition) is 10. The van der Waals surface area contributed by atoms with Crippen LogP contribution < -0.4 is 5.32 Å². The fourth-order valence-corrected chi connectivity index (χ4v) is 5.27. The van der Waals surface area contributed by atoms with Gasteiger partial charge < -0.3 is 24.3 Å². The van der Waals surface area contributed by atoms with Gasteiger partial charge in [-0.3, -0.25) is 19.7 Å². The molecular weight excluding hydrogens is 452 g/mol. The van der Waals surface area contributed by atoms with Crippen molar-refractivity contribution >= 4 is 41.8 Å². The zero-order valence-corrected chi connectivity index (χ0v) is 20.6. The van der Waals surface area contributed by atoms with Crippen molar-refractivity contribution in [1.29, 1.82) is 0 Å². The highest BCUT2D eigenvalue weighted by atomic mass is 32.2. The maximum absolute atomic E-state index is 13.0. The quantitative estimate of drug-likeness (QED) is 0.222. The Kier molecular flexibility index (Phi) is 8.69. The third kappa shape index (κ3) is 6.14. The number of aldehydes is 1. The first-order valence-corrected chi connectivity index (χ1v) is 11.6. The maximum Gasteiger partial charge on any atom is 0.358 e. The largest absolute Gasteiger partial charge is 0.427 e. The van der Waals surface area contributed by atoms with E-state index in [1.165, 1.54) is 6.92 Å². The molecule has 0 radical (unpaired) electrons. The second-order valence-electron chi connectivity index (χ2n) is 9.35. The molecule has 2 aliphatic rings. The van der Waals surface area contributed by atoms with Gasteiger partial charge in [-0.1, -0.05) is 6.92 Å². The number of ether oxygens (including phenoxy) is 2. The highest BCUT2D eigenvalue weighted by Crippen LogP contribution is 2.45. The van der Waals surface area contributed by atoms with Crippen molar-refractivity contribution in [2.75, 3.05) is 13.8 Å². The molecule has 0 aromatic heterocycles. The number of nitrogens with zero attached hydrogens (tertiary/aromatic N) is 1. The number of aliphatic hydroxyl groups excluding tert-OH is 1. The SMILES string of the molecule is C[C@@H](O)[C@@H](C=O)[C@H]1[C@@H](C)C(S[C@@H]2CCC(=O)NC2=O)=C(C(=O)OCOC(=O)C(C)(C)C)N1C. The number of nitrogens with one attached hydrogen (secondary N) is 1. The van der Waals surface area contributed by atoms with Gasteiger partial charge in [0.25, 0.3) is 0 Å². The van der Waals surface area contributed by atoms with E-state index in [-0.39, 0.29) is 18.0 Å². The van der Waals surface area contributed by atoms with Gasteiger partial charge in [0, 0.05) is 30.3 Å². The van der Waals surface area contributed by atoms with E-state index in [2.05, 4.69) is 5.32 Å². The normalized spacial score (nSPS) is 25.4. The van der Waals surface area contributed by atoms with E-state index < -0.39 is 59.3 Å². The molecular formula is C22H32N2O8S. The lowest BCUT2D eigenvalue weighted by Gasteiger charge is -2.32. The number of imide groups is 1. The molecule has 1 fully saturated rings. The van der Waals surface area contributed by atoms with Crippen LogP contribution in [0, 0.1) is 17.3 Å². The number of esters is 2. The van der Waals surface area contributed by atoms with Gasteiger partial charge in [-0.2, -0.15) is 0 Å². The van der Waals surface area contributed by atoms with Crippen molar-refractivity contribution in [1.82, 2.24) is 10.2 Å². The Morgan fingerprint density at radius 1 is 1.30 bits per heavy atom. The van der Waals surface area contributed by atoms with E-state index in [9.17, 15) is 29.1 Å². The van der Waals surface area contributed by atoms with E-state index >= 15 is 0 Å². The summed E-state index contributed by atoms with van der Waals surface area (Å²) in [6, 6.07) is -0.557. The number of rotatable bonds is 8. The fraction of sp³-hybridized carbons (Fsp3) is 0.682. The van der Waals surface area contributed by atoms with Gasteiger partial charge >= 0.3 is 11.9 Å². The minimum atomic E-state index is -0.970. The second kappa shape index (κ2) is 10.7. The fourth-order valence-electron chi connectivity index (χ4n) is 3.87. The molecule has 2 aliphatic heterocycles. The van der Waals surface area contributed by atoms with Gasteiger partial charge in [0.15, 0.2) is 0 Å². The molecule has 0 aliphatic carbocycles. The predicted octanol–water partition coefficient (Wildman–Crippen LogP) is 0.972. The molecule has 2 N–H and O–H groups in total. The molecule has 2 amide bonds. The van der Waals surface area contributed by atoms with Crippen molar-refractivity contribution in [2.24, 2.45) is 17.3 Å². The molecule has 0 aromatic rings. The summed E-state index contributed by atoms with van der Waals surface area (Å²) in [7, 11) is 1.61. The average molecular weight is 485 g/mol. The molecule has 2 rings (SSSR count). The summed E-state index contributed by atoms with van der Waals surface area (Å²) in [6.07, 6.45) is 0.161. The molecule has 0 saturated carbocycles. The van der Waals surface area contributed by atoms with Gasteiger partial charge in [0.2, 0.25) is 18.6 Å². The lowest BCUT2D eigenvalue weighted by atomic mass is 9.88. The van der Waals surface area contributed by atoms with Crippen LogP contribution in [0.2, 0.25) is 0 Å². The van der Waals surface area contributed by atoms with E-state index in [1.54, 1.807) is 39.6 Å². The third-order valence-electron chi connectivity index (χ3n) is 5.71. The zero-order chi connectivity index (χ0) is 25.1. The molecule has 10 nitrogen and oxygen atoms in total. The Balaban J connectivity index is 2.30. The van der Waals surface area contributed by atoms with E-state index in [1.807, 2.05) is 0 Å². The number of hydrogen-bond donors (Lipinski definition) is 2. The van der Waals surface area contributed by atoms with Crippen molar-refractivity contribution < 1.29 is 38.6 Å². The number of carbonyl (C=O) groups is 5. The number of amides is 2. The number of aliphatic hydroxyl groups is 1. The molecule has 33 heavy (non-hydrogen) atoms. The Morgan fingerprint density at radius 2 is 1.94 bits per heavy atom. The van der Waals surface area contributed by atoms with Crippen LogP contribution in [-0.4, -0.2) is 71.3 Å². The van der Waals surface area contributed by atoms with Crippen LogP contribution in [0.4, 0.5) is 0 Å².